The molecule has 0 amide bonds. The van der Waals surface area contributed by atoms with E-state index in [1.165, 1.54) is 19.3 Å². The Morgan fingerprint density at radius 2 is 1.67 bits per heavy atom. The van der Waals surface area contributed by atoms with E-state index in [9.17, 15) is 8.42 Å². The standard InChI is InChI=1S/C22H29Cl2N3O2S/c1-27(2)15-22(16-8-13-20(23)21(24)14-16)26-30(28,29)19-11-9-18(10-12-19)25-17-6-4-3-5-7-17/h8-14,17,22,25-26H,3-7,15H2,1-2H3/t22-/m0/s1. The largest absolute Gasteiger partial charge is 0.382 e. The summed E-state index contributed by atoms with van der Waals surface area (Å²) in [6, 6.07) is 12.2. The summed E-state index contributed by atoms with van der Waals surface area (Å²) >= 11 is 12.2. The molecule has 0 aromatic heterocycles. The summed E-state index contributed by atoms with van der Waals surface area (Å²) in [5.74, 6) is 0. The second kappa shape index (κ2) is 10.3. The summed E-state index contributed by atoms with van der Waals surface area (Å²) in [7, 11) is 0.0802. The third kappa shape index (κ3) is 6.34. The lowest BCUT2D eigenvalue weighted by Crippen LogP contribution is -2.35. The summed E-state index contributed by atoms with van der Waals surface area (Å²) in [5.41, 5.74) is 1.72. The van der Waals surface area contributed by atoms with Crippen LogP contribution in [-0.4, -0.2) is 40.0 Å². The van der Waals surface area contributed by atoms with Gasteiger partial charge in [0.2, 0.25) is 10.0 Å². The molecule has 0 unspecified atom stereocenters. The maximum atomic E-state index is 13.0. The quantitative estimate of drug-likeness (QED) is 0.548. The van der Waals surface area contributed by atoms with Gasteiger partial charge in [-0.3, -0.25) is 0 Å². The van der Waals surface area contributed by atoms with E-state index in [4.69, 9.17) is 23.2 Å². The van der Waals surface area contributed by atoms with Crippen molar-refractivity contribution in [2.24, 2.45) is 0 Å². The zero-order valence-corrected chi connectivity index (χ0v) is 19.7. The van der Waals surface area contributed by atoms with Crippen LogP contribution in [0.15, 0.2) is 47.4 Å². The van der Waals surface area contributed by atoms with Gasteiger partial charge >= 0.3 is 0 Å². The van der Waals surface area contributed by atoms with E-state index >= 15 is 0 Å². The lowest BCUT2D eigenvalue weighted by atomic mass is 9.95. The first-order valence-corrected chi connectivity index (χ1v) is 12.5. The first-order valence-electron chi connectivity index (χ1n) is 10.2. The van der Waals surface area contributed by atoms with Gasteiger partial charge in [-0.05, 0) is 68.9 Å². The molecule has 30 heavy (non-hydrogen) atoms. The number of benzene rings is 2. The minimum absolute atomic E-state index is 0.237. The number of nitrogens with one attached hydrogen (secondary N) is 2. The summed E-state index contributed by atoms with van der Waals surface area (Å²) in [4.78, 5) is 2.16. The smallest absolute Gasteiger partial charge is 0.241 e. The molecule has 1 atom stereocenters. The molecule has 2 aromatic rings. The molecule has 1 saturated carbocycles. The van der Waals surface area contributed by atoms with Crippen LogP contribution in [0.25, 0.3) is 0 Å². The van der Waals surface area contributed by atoms with Crippen molar-refractivity contribution in [3.05, 3.63) is 58.1 Å². The molecule has 1 aliphatic carbocycles. The second-order valence-electron chi connectivity index (χ2n) is 8.11. The fourth-order valence-electron chi connectivity index (χ4n) is 3.77. The molecule has 0 bridgehead atoms. The molecule has 1 fully saturated rings. The predicted octanol–water partition coefficient (Wildman–Crippen LogP) is 5.32. The number of nitrogens with zero attached hydrogens (tertiary/aromatic N) is 1. The lowest BCUT2D eigenvalue weighted by molar-refractivity contribution is 0.363. The number of hydrogen-bond acceptors (Lipinski definition) is 4. The summed E-state index contributed by atoms with van der Waals surface area (Å²) in [5, 5.41) is 4.35. The molecule has 0 radical (unpaired) electrons. The molecule has 0 spiro atoms. The van der Waals surface area contributed by atoms with Gasteiger partial charge in [0.1, 0.15) is 0 Å². The molecule has 3 rings (SSSR count). The van der Waals surface area contributed by atoms with Crippen molar-refractivity contribution in [1.82, 2.24) is 9.62 Å². The normalized spacial score (nSPS) is 16.6. The molecule has 0 aliphatic heterocycles. The Kier molecular flexibility index (Phi) is 8.04. The van der Waals surface area contributed by atoms with Crippen LogP contribution in [0.4, 0.5) is 5.69 Å². The fraction of sp³-hybridized carbons (Fsp3) is 0.455. The summed E-state index contributed by atoms with van der Waals surface area (Å²) < 4.78 is 28.9. The fourth-order valence-corrected chi connectivity index (χ4v) is 5.30. The monoisotopic (exact) mass is 469 g/mol. The Morgan fingerprint density at radius 3 is 2.27 bits per heavy atom. The van der Waals surface area contributed by atoms with E-state index in [-0.39, 0.29) is 4.90 Å². The minimum Gasteiger partial charge on any atom is -0.382 e. The Balaban J connectivity index is 1.75. The van der Waals surface area contributed by atoms with Gasteiger partial charge in [0.25, 0.3) is 0 Å². The van der Waals surface area contributed by atoms with Crippen molar-refractivity contribution in [2.45, 2.75) is 49.1 Å². The van der Waals surface area contributed by atoms with Crippen LogP contribution in [0.1, 0.15) is 43.7 Å². The van der Waals surface area contributed by atoms with Crippen LogP contribution in [0, 0.1) is 0 Å². The topological polar surface area (TPSA) is 61.4 Å². The summed E-state index contributed by atoms with van der Waals surface area (Å²) in [6.07, 6.45) is 6.12. The molecular formula is C22H29Cl2N3O2S. The van der Waals surface area contributed by atoms with Crippen LogP contribution in [0.2, 0.25) is 10.0 Å². The first kappa shape index (κ1) is 23.4. The number of rotatable bonds is 8. The van der Waals surface area contributed by atoms with Gasteiger partial charge in [0.05, 0.1) is 21.0 Å². The average Bonchev–Trinajstić information content (AvgIpc) is 2.70. The molecule has 0 saturated heterocycles. The minimum atomic E-state index is -3.71. The van der Waals surface area contributed by atoms with Gasteiger partial charge in [-0.15, -0.1) is 0 Å². The SMILES string of the molecule is CN(C)C[C@H](NS(=O)(=O)c1ccc(NC2CCCCC2)cc1)c1ccc(Cl)c(Cl)c1. The highest BCUT2D eigenvalue weighted by atomic mass is 35.5. The van der Waals surface area contributed by atoms with Crippen molar-refractivity contribution < 1.29 is 8.42 Å². The van der Waals surface area contributed by atoms with Crippen molar-refractivity contribution >= 4 is 38.9 Å². The highest BCUT2D eigenvalue weighted by Gasteiger charge is 2.23. The van der Waals surface area contributed by atoms with Crippen LogP contribution < -0.4 is 10.0 Å². The Hall–Kier alpha value is -1.31. The average molecular weight is 470 g/mol. The molecule has 2 aromatic carbocycles. The molecule has 1 aliphatic rings. The number of halogens is 2. The third-order valence-electron chi connectivity index (χ3n) is 5.33. The van der Waals surface area contributed by atoms with Gasteiger partial charge in [0, 0.05) is 18.3 Å². The van der Waals surface area contributed by atoms with E-state index < -0.39 is 16.1 Å². The Bertz CT molecular complexity index is 943. The zero-order chi connectivity index (χ0) is 21.7. The molecule has 5 nitrogen and oxygen atoms in total. The Labute approximate surface area is 189 Å². The molecule has 2 N–H and O–H groups in total. The van der Waals surface area contributed by atoms with Crippen LogP contribution >= 0.6 is 23.2 Å². The third-order valence-corrected chi connectivity index (χ3v) is 7.56. The van der Waals surface area contributed by atoms with Gasteiger partial charge in [-0.1, -0.05) is 48.5 Å². The highest BCUT2D eigenvalue weighted by molar-refractivity contribution is 7.89. The molecule has 8 heteroatoms. The van der Waals surface area contributed by atoms with Crippen molar-refractivity contribution in [3.8, 4) is 0 Å². The lowest BCUT2D eigenvalue weighted by Gasteiger charge is -2.24. The second-order valence-corrected chi connectivity index (χ2v) is 10.6. The molecule has 0 heterocycles. The number of sulfonamides is 1. The predicted molar refractivity (Wildman–Crippen MR) is 125 cm³/mol. The van der Waals surface area contributed by atoms with E-state index in [0.29, 0.717) is 22.6 Å². The van der Waals surface area contributed by atoms with Crippen molar-refractivity contribution in [3.63, 3.8) is 0 Å². The van der Waals surface area contributed by atoms with Crippen LogP contribution in [-0.2, 0) is 10.0 Å². The van der Waals surface area contributed by atoms with Crippen LogP contribution in [0.3, 0.4) is 0 Å². The highest BCUT2D eigenvalue weighted by Crippen LogP contribution is 2.27. The maximum absolute atomic E-state index is 13.0. The van der Waals surface area contributed by atoms with Gasteiger partial charge in [0.15, 0.2) is 0 Å². The van der Waals surface area contributed by atoms with Gasteiger partial charge in [-0.25, -0.2) is 13.1 Å². The van der Waals surface area contributed by atoms with E-state index in [1.54, 1.807) is 30.3 Å². The van der Waals surface area contributed by atoms with Gasteiger partial charge < -0.3 is 10.2 Å². The van der Waals surface area contributed by atoms with Crippen molar-refractivity contribution in [2.75, 3.05) is 26.0 Å². The number of hydrogen-bond donors (Lipinski definition) is 2. The van der Waals surface area contributed by atoms with Crippen LogP contribution in [0.5, 0.6) is 0 Å². The molecule has 164 valence electrons. The number of anilines is 1. The first-order chi connectivity index (χ1) is 14.2. The molecular weight excluding hydrogens is 441 g/mol. The van der Waals surface area contributed by atoms with E-state index in [0.717, 1.165) is 24.1 Å². The van der Waals surface area contributed by atoms with Gasteiger partial charge in [-0.2, -0.15) is 0 Å². The zero-order valence-electron chi connectivity index (χ0n) is 17.4. The summed E-state index contributed by atoms with van der Waals surface area (Å²) in [6.45, 7) is 0.485. The maximum Gasteiger partial charge on any atom is 0.241 e. The number of likely N-dealkylation sites (N-methyl/N-ethyl adjacent to an activating group) is 1. The van der Waals surface area contributed by atoms with E-state index in [1.807, 2.05) is 31.1 Å². The van der Waals surface area contributed by atoms with Crippen molar-refractivity contribution in [1.29, 1.82) is 0 Å². The Morgan fingerprint density at radius 1 is 1.00 bits per heavy atom. The van der Waals surface area contributed by atoms with E-state index in [2.05, 4.69) is 10.0 Å².